The molecule has 0 aromatic carbocycles. The fourth-order valence-corrected chi connectivity index (χ4v) is 1.55. The Labute approximate surface area is 94.6 Å². The Morgan fingerprint density at radius 3 is 2.75 bits per heavy atom. The Kier molecular flexibility index (Phi) is 4.42. The molecule has 1 aromatic rings. The summed E-state index contributed by atoms with van der Waals surface area (Å²) in [6, 6.07) is -0.000550. The lowest BCUT2D eigenvalue weighted by atomic mass is 10.3. The van der Waals surface area contributed by atoms with Crippen molar-refractivity contribution in [3.8, 4) is 0 Å². The molecule has 6 nitrogen and oxygen atoms in total. The van der Waals surface area contributed by atoms with Gasteiger partial charge in [0, 0.05) is 7.11 Å². The van der Waals surface area contributed by atoms with Crippen LogP contribution in [-0.2, 0) is 9.47 Å². The topological polar surface area (TPSA) is 66.2 Å². The molecular formula is C10H17N3O3. The van der Waals surface area contributed by atoms with Crippen LogP contribution in [0, 0.1) is 6.92 Å². The molecule has 1 aromatic heterocycles. The molecule has 1 unspecified atom stereocenters. The van der Waals surface area contributed by atoms with Gasteiger partial charge in [-0.15, -0.1) is 10.2 Å². The molecule has 0 aliphatic heterocycles. The zero-order chi connectivity index (χ0) is 12.1. The molecule has 0 aliphatic carbocycles. The van der Waals surface area contributed by atoms with Crippen LogP contribution in [0.1, 0.15) is 36.3 Å². The van der Waals surface area contributed by atoms with E-state index in [4.69, 9.17) is 9.47 Å². The number of rotatable bonds is 5. The van der Waals surface area contributed by atoms with Crippen molar-refractivity contribution in [1.82, 2.24) is 14.8 Å². The molecule has 0 fully saturated rings. The van der Waals surface area contributed by atoms with Gasteiger partial charge in [0.1, 0.15) is 5.82 Å². The predicted octanol–water partition coefficient (Wildman–Crippen LogP) is 0.971. The van der Waals surface area contributed by atoms with Gasteiger partial charge in [-0.1, -0.05) is 0 Å². The molecular weight excluding hydrogens is 210 g/mol. The van der Waals surface area contributed by atoms with Crippen molar-refractivity contribution in [2.24, 2.45) is 0 Å². The van der Waals surface area contributed by atoms with Gasteiger partial charge < -0.3 is 14.0 Å². The van der Waals surface area contributed by atoms with Crippen LogP contribution >= 0.6 is 0 Å². The monoisotopic (exact) mass is 227 g/mol. The van der Waals surface area contributed by atoms with E-state index in [2.05, 4.69) is 10.2 Å². The number of hydrogen-bond donors (Lipinski definition) is 0. The van der Waals surface area contributed by atoms with E-state index in [1.165, 1.54) is 0 Å². The van der Waals surface area contributed by atoms with E-state index in [1.807, 2.05) is 6.92 Å². The Hall–Kier alpha value is -1.43. The van der Waals surface area contributed by atoms with Crippen LogP contribution in [0.15, 0.2) is 0 Å². The zero-order valence-corrected chi connectivity index (χ0v) is 10.1. The molecule has 90 valence electrons. The van der Waals surface area contributed by atoms with E-state index >= 15 is 0 Å². The highest BCUT2D eigenvalue weighted by molar-refractivity contribution is 5.85. The molecule has 16 heavy (non-hydrogen) atoms. The minimum Gasteiger partial charge on any atom is -0.460 e. The zero-order valence-electron chi connectivity index (χ0n) is 10.1. The number of carbonyl (C=O) groups excluding carboxylic acids is 1. The molecule has 0 saturated carbocycles. The van der Waals surface area contributed by atoms with Crippen molar-refractivity contribution in [2.45, 2.75) is 26.8 Å². The maximum Gasteiger partial charge on any atom is 0.376 e. The summed E-state index contributed by atoms with van der Waals surface area (Å²) in [5.41, 5.74) is 0. The molecule has 0 amide bonds. The van der Waals surface area contributed by atoms with Crippen LogP contribution in [-0.4, -0.2) is 41.1 Å². The van der Waals surface area contributed by atoms with Gasteiger partial charge in [0.25, 0.3) is 0 Å². The van der Waals surface area contributed by atoms with Gasteiger partial charge in [-0.2, -0.15) is 0 Å². The van der Waals surface area contributed by atoms with Gasteiger partial charge >= 0.3 is 5.97 Å². The molecule has 0 radical (unpaired) electrons. The van der Waals surface area contributed by atoms with E-state index in [1.54, 1.807) is 25.5 Å². The molecule has 0 saturated heterocycles. The van der Waals surface area contributed by atoms with Crippen molar-refractivity contribution in [3.63, 3.8) is 0 Å². The summed E-state index contributed by atoms with van der Waals surface area (Å²) in [5.74, 6) is 0.447. The van der Waals surface area contributed by atoms with Crippen molar-refractivity contribution in [3.05, 3.63) is 11.6 Å². The van der Waals surface area contributed by atoms with Gasteiger partial charge in [0.2, 0.25) is 5.82 Å². The standard InChI is InChI=1S/C10H17N3O3/c1-5-16-10(14)9-12-11-8(3)13(9)7(2)6-15-4/h7H,5-6H2,1-4H3. The second-order valence-corrected chi connectivity index (χ2v) is 3.47. The Morgan fingerprint density at radius 1 is 1.50 bits per heavy atom. The third kappa shape index (κ3) is 2.57. The average Bonchev–Trinajstić information content (AvgIpc) is 2.61. The summed E-state index contributed by atoms with van der Waals surface area (Å²) >= 11 is 0. The maximum absolute atomic E-state index is 11.6. The van der Waals surface area contributed by atoms with Crippen molar-refractivity contribution >= 4 is 5.97 Å². The lowest BCUT2D eigenvalue weighted by molar-refractivity contribution is 0.0498. The second kappa shape index (κ2) is 5.60. The predicted molar refractivity (Wildman–Crippen MR) is 57.3 cm³/mol. The summed E-state index contributed by atoms with van der Waals surface area (Å²) in [6.45, 7) is 6.29. The van der Waals surface area contributed by atoms with E-state index < -0.39 is 5.97 Å². The van der Waals surface area contributed by atoms with Crippen molar-refractivity contribution < 1.29 is 14.3 Å². The number of aromatic nitrogens is 3. The minimum absolute atomic E-state index is 0.000550. The number of ether oxygens (including phenoxy) is 2. The molecule has 0 aliphatic rings. The van der Waals surface area contributed by atoms with Crippen LogP contribution < -0.4 is 0 Å². The SMILES string of the molecule is CCOC(=O)c1nnc(C)n1C(C)COC. The largest absolute Gasteiger partial charge is 0.460 e. The Balaban J connectivity index is 2.97. The van der Waals surface area contributed by atoms with E-state index in [0.29, 0.717) is 19.0 Å². The average molecular weight is 227 g/mol. The smallest absolute Gasteiger partial charge is 0.376 e. The highest BCUT2D eigenvalue weighted by Gasteiger charge is 2.21. The first-order valence-corrected chi connectivity index (χ1v) is 5.19. The number of nitrogens with zero attached hydrogens (tertiary/aromatic N) is 3. The highest BCUT2D eigenvalue weighted by atomic mass is 16.5. The van der Waals surface area contributed by atoms with Crippen molar-refractivity contribution in [1.29, 1.82) is 0 Å². The number of methoxy groups -OCH3 is 1. The lowest BCUT2D eigenvalue weighted by Crippen LogP contribution is -2.20. The van der Waals surface area contributed by atoms with E-state index in [0.717, 1.165) is 0 Å². The van der Waals surface area contributed by atoms with Gasteiger partial charge in [-0.05, 0) is 20.8 Å². The molecule has 1 atom stereocenters. The third-order valence-corrected chi connectivity index (χ3v) is 2.17. The molecule has 0 bridgehead atoms. The van der Waals surface area contributed by atoms with Gasteiger partial charge in [-0.3, -0.25) is 0 Å². The van der Waals surface area contributed by atoms with Crippen LogP contribution in [0.3, 0.4) is 0 Å². The van der Waals surface area contributed by atoms with Crippen molar-refractivity contribution in [2.75, 3.05) is 20.3 Å². The highest BCUT2D eigenvalue weighted by Crippen LogP contribution is 2.12. The van der Waals surface area contributed by atoms with Crippen LogP contribution in [0.5, 0.6) is 0 Å². The first kappa shape index (κ1) is 12.6. The first-order valence-electron chi connectivity index (χ1n) is 5.19. The fourth-order valence-electron chi connectivity index (χ4n) is 1.55. The summed E-state index contributed by atoms with van der Waals surface area (Å²) in [7, 11) is 1.61. The molecule has 1 rings (SSSR count). The Morgan fingerprint density at radius 2 is 2.19 bits per heavy atom. The van der Waals surface area contributed by atoms with Crippen LogP contribution in [0.25, 0.3) is 0 Å². The summed E-state index contributed by atoms with van der Waals surface area (Å²) < 4.78 is 11.7. The normalized spacial score (nSPS) is 12.5. The minimum atomic E-state index is -0.453. The first-order chi connectivity index (χ1) is 7.61. The van der Waals surface area contributed by atoms with E-state index in [9.17, 15) is 4.79 Å². The van der Waals surface area contributed by atoms with Gasteiger partial charge in [-0.25, -0.2) is 4.79 Å². The summed E-state index contributed by atoms with van der Waals surface area (Å²) in [6.07, 6.45) is 0. The Bertz CT molecular complexity index is 362. The van der Waals surface area contributed by atoms with Gasteiger partial charge in [0.15, 0.2) is 0 Å². The molecule has 1 heterocycles. The maximum atomic E-state index is 11.6. The van der Waals surface area contributed by atoms with Gasteiger partial charge in [0.05, 0.1) is 19.3 Å². The van der Waals surface area contributed by atoms with Crippen LogP contribution in [0.4, 0.5) is 0 Å². The molecule has 6 heteroatoms. The lowest BCUT2D eigenvalue weighted by Gasteiger charge is -2.15. The number of esters is 1. The third-order valence-electron chi connectivity index (χ3n) is 2.17. The summed E-state index contributed by atoms with van der Waals surface area (Å²) in [4.78, 5) is 11.6. The second-order valence-electron chi connectivity index (χ2n) is 3.47. The van der Waals surface area contributed by atoms with E-state index in [-0.39, 0.29) is 11.9 Å². The molecule has 0 spiro atoms. The number of hydrogen-bond acceptors (Lipinski definition) is 5. The fraction of sp³-hybridized carbons (Fsp3) is 0.700. The van der Waals surface area contributed by atoms with Crippen LogP contribution in [0.2, 0.25) is 0 Å². The number of carbonyl (C=O) groups is 1. The summed E-state index contributed by atoms with van der Waals surface area (Å²) in [5, 5.41) is 7.70. The quantitative estimate of drug-likeness (QED) is 0.701. The number of aryl methyl sites for hydroxylation is 1. The molecule has 0 N–H and O–H groups in total.